The molecule has 2 saturated carbocycles. The van der Waals surface area contributed by atoms with Crippen molar-refractivity contribution in [2.24, 2.45) is 28.6 Å². The lowest BCUT2D eigenvalue weighted by molar-refractivity contribution is -0.148. The van der Waals surface area contributed by atoms with E-state index in [1.165, 1.54) is 43.7 Å². The highest BCUT2D eigenvalue weighted by molar-refractivity contribution is 6.30. The van der Waals surface area contributed by atoms with E-state index in [9.17, 15) is 4.79 Å². The summed E-state index contributed by atoms with van der Waals surface area (Å²) in [5.41, 5.74) is 6.08. The first-order valence-electron chi connectivity index (χ1n) is 11.8. The number of ether oxygens (including phenoxy) is 1. The number of carbonyl (C=O) groups excluding carboxylic acids is 1. The third-order valence-electron chi connectivity index (χ3n) is 9.19. The van der Waals surface area contributed by atoms with Crippen molar-refractivity contribution in [2.45, 2.75) is 71.8 Å². The largest absolute Gasteiger partial charge is 0.462 e. The van der Waals surface area contributed by atoms with Crippen LogP contribution < -0.4 is 5.59 Å². The van der Waals surface area contributed by atoms with Crippen molar-refractivity contribution in [3.05, 3.63) is 41.6 Å². The molecule has 3 unspecified atom stereocenters. The Hall–Kier alpha value is -1.84. The van der Waals surface area contributed by atoms with Gasteiger partial charge in [0, 0.05) is 19.5 Å². The van der Waals surface area contributed by atoms with Gasteiger partial charge in [-0.25, -0.2) is 0 Å². The molecule has 0 amide bonds. The van der Waals surface area contributed by atoms with E-state index >= 15 is 0 Å². The highest BCUT2D eigenvalue weighted by Gasteiger charge is 2.56. The number of hydrogen-bond acceptors (Lipinski definition) is 3. The predicted molar refractivity (Wildman–Crippen MR) is 123 cm³/mol. The second kappa shape index (κ2) is 7.10. The Morgan fingerprint density at radius 2 is 1.90 bits per heavy atom. The fraction of sp³-hybridized carbons (Fsp3) is 0.615. The summed E-state index contributed by atoms with van der Waals surface area (Å²) >= 11 is 0. The van der Waals surface area contributed by atoms with Gasteiger partial charge in [-0.1, -0.05) is 43.7 Å². The molecule has 4 aliphatic carbocycles. The van der Waals surface area contributed by atoms with Gasteiger partial charge in [0.2, 0.25) is 0 Å². The zero-order valence-electron chi connectivity index (χ0n) is 18.9. The summed E-state index contributed by atoms with van der Waals surface area (Å²) in [5.74, 6) is 2.11. The number of pyridine rings is 1. The second-order valence-electron chi connectivity index (χ2n) is 10.7. The normalized spacial score (nSPS) is 39.8. The first-order chi connectivity index (χ1) is 14.3. The topological polar surface area (TPSA) is 39.2 Å². The molecule has 0 spiro atoms. The van der Waals surface area contributed by atoms with Gasteiger partial charge >= 0.3 is 5.97 Å². The number of allylic oxidation sites excluding steroid dienone is 3. The van der Waals surface area contributed by atoms with E-state index in [0.717, 1.165) is 42.6 Å². The molecule has 4 aliphatic rings. The number of esters is 1. The van der Waals surface area contributed by atoms with Crippen LogP contribution in [0.4, 0.5) is 0 Å². The molecule has 5 rings (SSSR count). The lowest BCUT2D eigenvalue weighted by Gasteiger charge is -2.57. The van der Waals surface area contributed by atoms with Crippen molar-refractivity contribution in [3.63, 3.8) is 0 Å². The molecule has 0 radical (unpaired) electrons. The molecule has 0 aliphatic heterocycles. The van der Waals surface area contributed by atoms with Gasteiger partial charge in [0.15, 0.2) is 7.85 Å². The van der Waals surface area contributed by atoms with Crippen LogP contribution in [-0.4, -0.2) is 24.9 Å². The van der Waals surface area contributed by atoms with Gasteiger partial charge in [-0.05, 0) is 83.8 Å². The zero-order valence-corrected chi connectivity index (χ0v) is 18.9. The van der Waals surface area contributed by atoms with E-state index < -0.39 is 0 Å². The predicted octanol–water partition coefficient (Wildman–Crippen LogP) is 4.23. The van der Waals surface area contributed by atoms with Gasteiger partial charge < -0.3 is 4.74 Å². The third kappa shape index (κ3) is 3.01. The average molecular weight is 403 g/mol. The van der Waals surface area contributed by atoms with Crippen LogP contribution in [0.3, 0.4) is 0 Å². The van der Waals surface area contributed by atoms with Crippen molar-refractivity contribution < 1.29 is 9.53 Å². The summed E-state index contributed by atoms with van der Waals surface area (Å²) in [6, 6.07) is 4.42. The highest BCUT2D eigenvalue weighted by atomic mass is 16.5. The van der Waals surface area contributed by atoms with E-state index in [-0.39, 0.29) is 22.9 Å². The Kier molecular flexibility index (Phi) is 4.76. The van der Waals surface area contributed by atoms with Crippen molar-refractivity contribution in [3.8, 4) is 0 Å². The molecule has 30 heavy (non-hydrogen) atoms. The maximum Gasteiger partial charge on any atom is 0.302 e. The minimum Gasteiger partial charge on any atom is -0.462 e. The molecular formula is C26H34BNO2. The van der Waals surface area contributed by atoms with Gasteiger partial charge in [-0.2, -0.15) is 0 Å². The molecule has 6 atom stereocenters. The molecule has 0 aromatic carbocycles. The van der Waals surface area contributed by atoms with Gasteiger partial charge in [0.1, 0.15) is 6.10 Å². The smallest absolute Gasteiger partial charge is 0.302 e. The van der Waals surface area contributed by atoms with Crippen LogP contribution in [0.5, 0.6) is 0 Å². The number of hydrogen-bond donors (Lipinski definition) is 0. The van der Waals surface area contributed by atoms with Crippen LogP contribution in [0.1, 0.15) is 71.3 Å². The van der Waals surface area contributed by atoms with Crippen molar-refractivity contribution in [1.82, 2.24) is 4.98 Å². The molecule has 1 aromatic heterocycles. The van der Waals surface area contributed by atoms with E-state index in [4.69, 9.17) is 4.74 Å². The molecule has 1 heterocycles. The average Bonchev–Trinajstić information content (AvgIpc) is 3.06. The lowest BCUT2D eigenvalue weighted by Crippen LogP contribution is -2.50. The van der Waals surface area contributed by atoms with E-state index in [1.54, 1.807) is 5.57 Å². The van der Waals surface area contributed by atoms with Crippen molar-refractivity contribution in [1.29, 1.82) is 0 Å². The van der Waals surface area contributed by atoms with Crippen LogP contribution in [0.2, 0.25) is 0 Å². The number of carbonyl (C=O) groups is 1. The number of aromatic nitrogens is 1. The monoisotopic (exact) mass is 403 g/mol. The van der Waals surface area contributed by atoms with Gasteiger partial charge in [-0.3, -0.25) is 9.78 Å². The van der Waals surface area contributed by atoms with Gasteiger partial charge in [0.05, 0.1) is 0 Å². The SMILES string of the molecule is Bc1ccc(C2=CCC3C4CC=C5C[C@@H](OC(C)=O)CC[C@]5(C)C4CC[C@]23C)cn1. The summed E-state index contributed by atoms with van der Waals surface area (Å²) in [4.78, 5) is 16.0. The van der Waals surface area contributed by atoms with Crippen LogP contribution in [0.25, 0.3) is 5.57 Å². The highest BCUT2D eigenvalue weighted by Crippen LogP contribution is 2.66. The fourth-order valence-electron chi connectivity index (χ4n) is 7.60. The summed E-state index contributed by atoms with van der Waals surface area (Å²) in [6.45, 7) is 6.57. The van der Waals surface area contributed by atoms with E-state index in [1.807, 2.05) is 0 Å². The molecule has 158 valence electrons. The standard InChI is InChI=1S/C26H34BNO2/c1-16(29)30-19-10-12-25(2)18(14-19)5-6-20-22-8-7-21(17-4-9-24(27)28-15-17)26(22,3)13-11-23(20)25/h4-5,7,9,15,19-20,22-23H,6,8,10-14,27H2,1-3H3/t19-,20?,22?,23?,25-,26+/m0/s1. The molecule has 0 bridgehead atoms. The Morgan fingerprint density at radius 3 is 2.63 bits per heavy atom. The molecule has 2 fully saturated rings. The van der Waals surface area contributed by atoms with Crippen LogP contribution >= 0.6 is 0 Å². The van der Waals surface area contributed by atoms with Crippen LogP contribution in [0.15, 0.2) is 36.1 Å². The molecule has 1 aromatic rings. The molecule has 0 N–H and O–H groups in total. The Labute approximate surface area is 181 Å². The molecule has 0 saturated heterocycles. The number of rotatable bonds is 2. The van der Waals surface area contributed by atoms with Crippen LogP contribution in [0, 0.1) is 28.6 Å². The maximum atomic E-state index is 11.5. The zero-order chi connectivity index (χ0) is 21.1. The molecule has 3 nitrogen and oxygen atoms in total. The Balaban J connectivity index is 1.40. The molecule has 4 heteroatoms. The minimum atomic E-state index is -0.138. The minimum absolute atomic E-state index is 0.0843. The fourth-order valence-corrected chi connectivity index (χ4v) is 7.60. The maximum absolute atomic E-state index is 11.5. The first kappa shape index (κ1) is 20.1. The Bertz CT molecular complexity index is 919. The summed E-state index contributed by atoms with van der Waals surface area (Å²) in [7, 11) is 2.06. The summed E-state index contributed by atoms with van der Waals surface area (Å²) in [6.07, 6.45) is 15.3. The summed E-state index contributed by atoms with van der Waals surface area (Å²) < 4.78 is 5.58. The quantitative estimate of drug-likeness (QED) is 0.422. The van der Waals surface area contributed by atoms with Crippen LogP contribution in [-0.2, 0) is 9.53 Å². The van der Waals surface area contributed by atoms with Crippen molar-refractivity contribution >= 4 is 25.0 Å². The first-order valence-corrected chi connectivity index (χ1v) is 11.8. The molecular weight excluding hydrogens is 369 g/mol. The number of nitrogens with zero attached hydrogens (tertiary/aromatic N) is 1. The Morgan fingerprint density at radius 1 is 1.10 bits per heavy atom. The lowest BCUT2D eigenvalue weighted by atomic mass is 9.47. The van der Waals surface area contributed by atoms with Gasteiger partial charge in [-0.15, -0.1) is 0 Å². The van der Waals surface area contributed by atoms with E-state index in [2.05, 4.69) is 57.2 Å². The number of fused-ring (bicyclic) bond motifs is 5. The van der Waals surface area contributed by atoms with E-state index in [0.29, 0.717) is 0 Å². The van der Waals surface area contributed by atoms with Crippen molar-refractivity contribution in [2.75, 3.05) is 0 Å². The van der Waals surface area contributed by atoms with Gasteiger partial charge in [0.25, 0.3) is 0 Å². The third-order valence-corrected chi connectivity index (χ3v) is 9.19. The summed E-state index contributed by atoms with van der Waals surface area (Å²) in [5, 5.41) is 0. The second-order valence-corrected chi connectivity index (χ2v) is 10.7.